The fraction of sp³-hybridized carbons (Fsp3) is 0.938. The van der Waals surface area contributed by atoms with Crippen molar-refractivity contribution >= 4 is 5.78 Å². The van der Waals surface area contributed by atoms with Crippen molar-refractivity contribution in [2.75, 3.05) is 6.54 Å². The van der Waals surface area contributed by atoms with Gasteiger partial charge in [-0.15, -0.1) is 0 Å². The van der Waals surface area contributed by atoms with Crippen LogP contribution in [0.2, 0.25) is 0 Å². The highest BCUT2D eigenvalue weighted by Gasteiger charge is 2.32. The minimum Gasteiger partial charge on any atom is -0.312 e. The first-order chi connectivity index (χ1) is 8.09. The Morgan fingerprint density at radius 2 is 1.50 bits per heavy atom. The average Bonchev–Trinajstić information content (AvgIpc) is 2.24. The Balaban J connectivity index is 2.35. The van der Waals surface area contributed by atoms with Crippen LogP contribution in [0.4, 0.5) is 0 Å². The third kappa shape index (κ3) is 5.09. The highest BCUT2D eigenvalue weighted by Crippen LogP contribution is 2.33. The summed E-state index contributed by atoms with van der Waals surface area (Å²) in [4.78, 5) is 12.2. The molecular weight excluding hydrogens is 222 g/mol. The van der Waals surface area contributed by atoms with Crippen molar-refractivity contribution in [3.63, 3.8) is 0 Å². The Morgan fingerprint density at radius 3 is 1.89 bits per heavy atom. The van der Waals surface area contributed by atoms with Gasteiger partial charge >= 0.3 is 0 Å². The lowest BCUT2D eigenvalue weighted by atomic mass is 9.73. The van der Waals surface area contributed by atoms with E-state index in [1.165, 1.54) is 12.8 Å². The predicted molar refractivity (Wildman–Crippen MR) is 77.7 cm³/mol. The van der Waals surface area contributed by atoms with Crippen molar-refractivity contribution in [1.82, 2.24) is 5.32 Å². The molecule has 1 N–H and O–H groups in total. The first-order valence-electron chi connectivity index (χ1n) is 7.39. The van der Waals surface area contributed by atoms with Crippen molar-refractivity contribution in [2.24, 2.45) is 17.3 Å². The minimum absolute atomic E-state index is 0.166. The van der Waals surface area contributed by atoms with E-state index in [2.05, 4.69) is 26.1 Å². The number of nitrogens with one attached hydrogen (secondary N) is 1. The summed E-state index contributed by atoms with van der Waals surface area (Å²) in [7, 11) is 0. The van der Waals surface area contributed by atoms with Crippen molar-refractivity contribution in [3.05, 3.63) is 0 Å². The summed E-state index contributed by atoms with van der Waals surface area (Å²) >= 11 is 0. The summed E-state index contributed by atoms with van der Waals surface area (Å²) in [5, 5.41) is 3.58. The van der Waals surface area contributed by atoms with E-state index in [0.29, 0.717) is 11.7 Å². The first kappa shape index (κ1) is 15.7. The molecule has 0 aliphatic heterocycles. The number of ketones is 1. The van der Waals surface area contributed by atoms with E-state index in [4.69, 9.17) is 0 Å². The van der Waals surface area contributed by atoms with Gasteiger partial charge in [0.25, 0.3) is 0 Å². The lowest BCUT2D eigenvalue weighted by Crippen LogP contribution is -2.40. The molecule has 1 saturated carbocycles. The van der Waals surface area contributed by atoms with E-state index in [1.54, 1.807) is 0 Å². The molecule has 18 heavy (non-hydrogen) atoms. The van der Waals surface area contributed by atoms with Crippen LogP contribution in [0, 0.1) is 17.3 Å². The Bertz CT molecular complexity index is 274. The maximum Gasteiger partial charge on any atom is 0.141 e. The summed E-state index contributed by atoms with van der Waals surface area (Å²) in [6.07, 6.45) is 4.59. The molecule has 0 radical (unpaired) electrons. The number of carbonyl (C=O) groups is 1. The summed E-state index contributed by atoms with van der Waals surface area (Å²) in [6.45, 7) is 13.9. The topological polar surface area (TPSA) is 29.1 Å². The van der Waals surface area contributed by atoms with Gasteiger partial charge in [0.05, 0.1) is 0 Å². The number of hydrogen-bond donors (Lipinski definition) is 1. The Morgan fingerprint density at radius 1 is 1.00 bits per heavy atom. The van der Waals surface area contributed by atoms with Gasteiger partial charge in [-0.05, 0) is 58.9 Å². The second-order valence-electron chi connectivity index (χ2n) is 7.96. The number of hydrogen-bond acceptors (Lipinski definition) is 2. The van der Waals surface area contributed by atoms with E-state index >= 15 is 0 Å². The fourth-order valence-corrected chi connectivity index (χ4v) is 2.69. The van der Waals surface area contributed by atoms with Crippen LogP contribution in [0.5, 0.6) is 0 Å². The van der Waals surface area contributed by atoms with Crippen LogP contribution in [-0.2, 0) is 4.79 Å². The standard InChI is InChI=1S/C16H31NO/c1-15(2,3)14(18)13-9-7-12(8-10-13)11-17-16(4,5)6/h12-13,17H,7-11H2,1-6H3. The van der Waals surface area contributed by atoms with Crippen LogP contribution >= 0.6 is 0 Å². The number of carbonyl (C=O) groups excluding carboxylic acids is 1. The normalized spacial score (nSPS) is 26.1. The second kappa shape index (κ2) is 5.73. The summed E-state index contributed by atoms with van der Waals surface area (Å²) < 4.78 is 0. The SMILES string of the molecule is CC(C)(C)NCC1CCC(C(=O)C(C)(C)C)CC1. The molecule has 106 valence electrons. The molecule has 0 aromatic heterocycles. The zero-order chi connectivity index (χ0) is 14.0. The molecule has 0 saturated heterocycles. The van der Waals surface area contributed by atoms with E-state index < -0.39 is 0 Å². The molecule has 0 spiro atoms. The Kier molecular flexibility index (Phi) is 4.99. The molecule has 0 heterocycles. The van der Waals surface area contributed by atoms with Gasteiger partial charge in [-0.3, -0.25) is 4.79 Å². The van der Waals surface area contributed by atoms with Gasteiger partial charge in [0.1, 0.15) is 5.78 Å². The molecule has 0 bridgehead atoms. The molecule has 1 aliphatic rings. The minimum atomic E-state index is -0.166. The molecule has 2 heteroatoms. The van der Waals surface area contributed by atoms with Crippen molar-refractivity contribution in [2.45, 2.75) is 72.8 Å². The van der Waals surface area contributed by atoms with Gasteiger partial charge in [0.15, 0.2) is 0 Å². The van der Waals surface area contributed by atoms with Crippen LogP contribution in [0.3, 0.4) is 0 Å². The fourth-order valence-electron chi connectivity index (χ4n) is 2.69. The summed E-state index contributed by atoms with van der Waals surface area (Å²) in [6, 6.07) is 0. The maximum atomic E-state index is 12.2. The molecule has 1 rings (SSSR count). The number of rotatable bonds is 3. The Labute approximate surface area is 113 Å². The zero-order valence-electron chi connectivity index (χ0n) is 13.1. The predicted octanol–water partition coefficient (Wildman–Crippen LogP) is 3.80. The van der Waals surface area contributed by atoms with Crippen molar-refractivity contribution in [1.29, 1.82) is 0 Å². The molecule has 1 aliphatic carbocycles. The van der Waals surface area contributed by atoms with Crippen molar-refractivity contribution < 1.29 is 4.79 Å². The van der Waals surface area contributed by atoms with Gasteiger partial charge in [-0.2, -0.15) is 0 Å². The van der Waals surface area contributed by atoms with E-state index in [0.717, 1.165) is 25.3 Å². The summed E-state index contributed by atoms with van der Waals surface area (Å²) in [5.41, 5.74) is 0.0409. The third-order valence-corrected chi connectivity index (χ3v) is 3.88. The van der Waals surface area contributed by atoms with Crippen LogP contribution in [0.15, 0.2) is 0 Å². The molecular formula is C16H31NO. The van der Waals surface area contributed by atoms with Gasteiger partial charge in [-0.1, -0.05) is 20.8 Å². The highest BCUT2D eigenvalue weighted by atomic mass is 16.1. The third-order valence-electron chi connectivity index (χ3n) is 3.88. The van der Waals surface area contributed by atoms with Crippen LogP contribution in [0.25, 0.3) is 0 Å². The quantitative estimate of drug-likeness (QED) is 0.829. The van der Waals surface area contributed by atoms with Crippen LogP contribution in [-0.4, -0.2) is 17.9 Å². The maximum absolute atomic E-state index is 12.2. The smallest absolute Gasteiger partial charge is 0.141 e. The molecule has 0 aromatic rings. The van der Waals surface area contributed by atoms with Gasteiger partial charge in [0, 0.05) is 16.9 Å². The van der Waals surface area contributed by atoms with E-state index in [-0.39, 0.29) is 11.0 Å². The molecule has 0 amide bonds. The number of Topliss-reactive ketones (excluding diaryl/α,β-unsaturated/α-hetero) is 1. The molecule has 0 unspecified atom stereocenters. The second-order valence-corrected chi connectivity index (χ2v) is 7.96. The average molecular weight is 253 g/mol. The molecule has 0 atom stereocenters. The van der Waals surface area contributed by atoms with Crippen LogP contribution in [0.1, 0.15) is 67.2 Å². The summed E-state index contributed by atoms with van der Waals surface area (Å²) in [5.74, 6) is 1.54. The van der Waals surface area contributed by atoms with Gasteiger partial charge in [0.2, 0.25) is 0 Å². The monoisotopic (exact) mass is 253 g/mol. The van der Waals surface area contributed by atoms with Crippen LogP contribution < -0.4 is 5.32 Å². The lowest BCUT2D eigenvalue weighted by Gasteiger charge is -2.33. The highest BCUT2D eigenvalue weighted by molar-refractivity contribution is 5.85. The van der Waals surface area contributed by atoms with Gasteiger partial charge in [-0.25, -0.2) is 0 Å². The molecule has 0 aromatic carbocycles. The molecule has 1 fully saturated rings. The molecule has 2 nitrogen and oxygen atoms in total. The Hall–Kier alpha value is -0.370. The van der Waals surface area contributed by atoms with E-state index in [1.807, 2.05) is 20.8 Å². The lowest BCUT2D eigenvalue weighted by molar-refractivity contribution is -0.131. The first-order valence-corrected chi connectivity index (χ1v) is 7.39. The van der Waals surface area contributed by atoms with Crippen molar-refractivity contribution in [3.8, 4) is 0 Å². The van der Waals surface area contributed by atoms with E-state index in [9.17, 15) is 4.79 Å². The van der Waals surface area contributed by atoms with Gasteiger partial charge < -0.3 is 5.32 Å². The largest absolute Gasteiger partial charge is 0.312 e. The zero-order valence-corrected chi connectivity index (χ0v) is 13.1.